The Bertz CT molecular complexity index is 937. The molecule has 2 aromatic heterocycles. The Balaban J connectivity index is 1.82. The molecule has 1 amide bonds. The minimum absolute atomic E-state index is 0.244. The molecule has 2 N–H and O–H groups in total. The number of rotatable bonds is 3. The molecule has 0 unspecified atom stereocenters. The highest BCUT2D eigenvalue weighted by Crippen LogP contribution is 2.30. The number of halogens is 4. The summed E-state index contributed by atoms with van der Waals surface area (Å²) in [6, 6.07) is 6.95. The van der Waals surface area contributed by atoms with Gasteiger partial charge in [0, 0.05) is 10.6 Å². The molecule has 3 rings (SSSR count). The van der Waals surface area contributed by atoms with E-state index in [1.807, 2.05) is 0 Å². The topological polar surface area (TPSA) is 83.6 Å². The molecule has 11 heteroatoms. The Morgan fingerprint density at radius 2 is 2.08 bits per heavy atom. The average molecular weight is 388 g/mol. The van der Waals surface area contributed by atoms with Gasteiger partial charge in [0.1, 0.15) is 9.88 Å². The summed E-state index contributed by atoms with van der Waals surface area (Å²) in [5, 5.41) is 8.37. The number of alkyl halides is 3. The van der Waals surface area contributed by atoms with Crippen molar-refractivity contribution in [3.63, 3.8) is 0 Å². The van der Waals surface area contributed by atoms with E-state index < -0.39 is 23.9 Å². The Hall–Kier alpha value is -2.46. The van der Waals surface area contributed by atoms with Crippen molar-refractivity contribution < 1.29 is 18.0 Å². The monoisotopic (exact) mass is 387 g/mol. The van der Waals surface area contributed by atoms with Gasteiger partial charge in [-0.1, -0.05) is 23.7 Å². The van der Waals surface area contributed by atoms with E-state index in [9.17, 15) is 18.0 Å². The van der Waals surface area contributed by atoms with Gasteiger partial charge in [-0.2, -0.15) is 18.2 Å². The van der Waals surface area contributed by atoms with Crippen molar-refractivity contribution in [3.8, 4) is 10.6 Å². The van der Waals surface area contributed by atoms with E-state index in [0.29, 0.717) is 15.7 Å². The van der Waals surface area contributed by atoms with Gasteiger partial charge in [0.25, 0.3) is 5.91 Å². The van der Waals surface area contributed by atoms with E-state index in [2.05, 4.69) is 20.4 Å². The number of amides is 1. The maximum atomic E-state index is 12.5. The fourth-order valence-electron chi connectivity index (χ4n) is 1.95. The first-order valence-corrected chi connectivity index (χ1v) is 7.98. The highest BCUT2D eigenvalue weighted by molar-refractivity contribution is 7.17. The van der Waals surface area contributed by atoms with Crippen LogP contribution in [-0.2, 0) is 6.18 Å². The maximum Gasteiger partial charge on any atom is 0.451 e. The number of carbonyl (C=O) groups is 1. The van der Waals surface area contributed by atoms with E-state index in [0.717, 1.165) is 16.9 Å². The molecule has 0 aliphatic carbocycles. The predicted octanol–water partition coefficient (Wildman–Crippen LogP) is 4.16. The lowest BCUT2D eigenvalue weighted by molar-refractivity contribution is -0.144. The minimum Gasteiger partial charge on any atom is -0.288 e. The van der Waals surface area contributed by atoms with E-state index in [4.69, 9.17) is 11.6 Å². The van der Waals surface area contributed by atoms with Crippen LogP contribution in [-0.4, -0.2) is 26.1 Å². The molecule has 130 valence electrons. The smallest absolute Gasteiger partial charge is 0.288 e. The number of anilines is 1. The summed E-state index contributed by atoms with van der Waals surface area (Å²) in [4.78, 5) is 20.0. The van der Waals surface area contributed by atoms with E-state index in [1.165, 1.54) is 0 Å². The second-order valence-corrected chi connectivity index (χ2v) is 6.34. The summed E-state index contributed by atoms with van der Waals surface area (Å²) in [7, 11) is 0. The average Bonchev–Trinajstić information content (AvgIpc) is 3.13. The summed E-state index contributed by atoms with van der Waals surface area (Å²) < 4.78 is 37.5. The van der Waals surface area contributed by atoms with Crippen molar-refractivity contribution in [2.75, 3.05) is 5.32 Å². The van der Waals surface area contributed by atoms with E-state index >= 15 is 0 Å². The number of aromatic amines is 1. The largest absolute Gasteiger partial charge is 0.451 e. The lowest BCUT2D eigenvalue weighted by Crippen LogP contribution is -2.13. The van der Waals surface area contributed by atoms with E-state index in [1.54, 1.807) is 36.3 Å². The Labute approximate surface area is 148 Å². The first-order chi connectivity index (χ1) is 11.7. The van der Waals surface area contributed by atoms with Crippen LogP contribution in [0.4, 0.5) is 19.1 Å². The summed E-state index contributed by atoms with van der Waals surface area (Å²) in [5.41, 5.74) is 1.17. The highest BCUT2D eigenvalue weighted by Gasteiger charge is 2.35. The van der Waals surface area contributed by atoms with Gasteiger partial charge in [-0.3, -0.25) is 15.2 Å². The number of hydrogen-bond acceptors (Lipinski definition) is 5. The lowest BCUT2D eigenvalue weighted by atomic mass is 10.2. The van der Waals surface area contributed by atoms with Gasteiger partial charge < -0.3 is 0 Å². The molecular weight excluding hydrogens is 379 g/mol. The first-order valence-electron chi connectivity index (χ1n) is 6.78. The number of nitrogens with one attached hydrogen (secondary N) is 2. The van der Waals surface area contributed by atoms with Gasteiger partial charge in [-0.15, -0.1) is 16.4 Å². The number of hydrogen-bond donors (Lipinski definition) is 2. The van der Waals surface area contributed by atoms with Gasteiger partial charge in [0.15, 0.2) is 0 Å². The van der Waals surface area contributed by atoms with Crippen molar-refractivity contribution in [1.82, 2.24) is 20.2 Å². The molecule has 0 bridgehead atoms. The molecule has 0 saturated carbocycles. The molecule has 0 fully saturated rings. The minimum atomic E-state index is -4.67. The van der Waals surface area contributed by atoms with Crippen molar-refractivity contribution in [3.05, 3.63) is 45.7 Å². The van der Waals surface area contributed by atoms with Crippen LogP contribution >= 0.6 is 22.9 Å². The zero-order chi connectivity index (χ0) is 18.2. The normalized spacial score (nSPS) is 11.6. The molecule has 0 aliphatic rings. The zero-order valence-electron chi connectivity index (χ0n) is 12.5. The molecular formula is C14H9ClF3N5OS. The van der Waals surface area contributed by atoms with Crippen LogP contribution in [0.5, 0.6) is 0 Å². The molecule has 6 nitrogen and oxygen atoms in total. The van der Waals surface area contributed by atoms with Crippen LogP contribution in [0.1, 0.15) is 21.2 Å². The number of nitrogens with zero attached hydrogens (tertiary/aromatic N) is 3. The van der Waals surface area contributed by atoms with Gasteiger partial charge in [-0.05, 0) is 19.1 Å². The Morgan fingerprint density at radius 3 is 2.72 bits per heavy atom. The third-order valence-corrected chi connectivity index (χ3v) is 4.49. The molecule has 0 radical (unpaired) electrons. The molecule has 25 heavy (non-hydrogen) atoms. The first kappa shape index (κ1) is 17.4. The van der Waals surface area contributed by atoms with Gasteiger partial charge in [-0.25, -0.2) is 4.98 Å². The standard InChI is InChI=1S/C14H9ClF3N5OS/c1-6-9(25-11(19-6)7-3-2-4-8(15)5-7)10(24)20-13-21-12(22-23-13)14(16,17)18/h2-5H,1H3,(H2,20,21,22,23,24). The van der Waals surface area contributed by atoms with Crippen molar-refractivity contribution in [1.29, 1.82) is 0 Å². The van der Waals surface area contributed by atoms with Crippen LogP contribution in [0.25, 0.3) is 10.6 Å². The van der Waals surface area contributed by atoms with Crippen LogP contribution < -0.4 is 5.32 Å². The van der Waals surface area contributed by atoms with Crippen molar-refractivity contribution >= 4 is 34.8 Å². The van der Waals surface area contributed by atoms with E-state index in [-0.39, 0.29) is 4.88 Å². The molecule has 3 aromatic rings. The lowest BCUT2D eigenvalue weighted by Gasteiger charge is -1.99. The Kier molecular flexibility index (Phi) is 4.48. The fourth-order valence-corrected chi connectivity index (χ4v) is 3.10. The number of carbonyl (C=O) groups excluding carboxylic acids is 1. The Morgan fingerprint density at radius 1 is 1.32 bits per heavy atom. The highest BCUT2D eigenvalue weighted by atomic mass is 35.5. The summed E-state index contributed by atoms with van der Waals surface area (Å²) in [5.74, 6) is -2.39. The third-order valence-electron chi connectivity index (χ3n) is 3.05. The maximum absolute atomic E-state index is 12.5. The van der Waals surface area contributed by atoms with Crippen molar-refractivity contribution in [2.45, 2.75) is 13.1 Å². The quantitative estimate of drug-likeness (QED) is 0.706. The van der Waals surface area contributed by atoms with Crippen LogP contribution in [0.3, 0.4) is 0 Å². The fraction of sp³-hybridized carbons (Fsp3) is 0.143. The number of H-pyrrole nitrogens is 1. The van der Waals surface area contributed by atoms with Crippen molar-refractivity contribution in [2.24, 2.45) is 0 Å². The SMILES string of the molecule is Cc1nc(-c2cccc(Cl)c2)sc1C(=O)Nc1n[nH]c(C(F)(F)F)n1. The number of benzene rings is 1. The number of aromatic nitrogens is 4. The van der Waals surface area contributed by atoms with Crippen LogP contribution in [0.15, 0.2) is 24.3 Å². The molecule has 2 heterocycles. The molecule has 0 atom stereocenters. The zero-order valence-corrected chi connectivity index (χ0v) is 14.1. The summed E-state index contributed by atoms with van der Waals surface area (Å²) >= 11 is 7.03. The molecule has 0 aliphatic heterocycles. The van der Waals surface area contributed by atoms with Crippen LogP contribution in [0.2, 0.25) is 5.02 Å². The van der Waals surface area contributed by atoms with Crippen LogP contribution in [0, 0.1) is 6.92 Å². The number of aryl methyl sites for hydroxylation is 1. The second-order valence-electron chi connectivity index (χ2n) is 4.90. The summed E-state index contributed by atoms with van der Waals surface area (Å²) in [6.45, 7) is 1.62. The van der Waals surface area contributed by atoms with Gasteiger partial charge in [0.05, 0.1) is 5.69 Å². The van der Waals surface area contributed by atoms with Gasteiger partial charge in [0.2, 0.25) is 11.8 Å². The molecule has 1 aromatic carbocycles. The predicted molar refractivity (Wildman–Crippen MR) is 86.6 cm³/mol. The third kappa shape index (κ3) is 3.80. The second kappa shape index (κ2) is 6.45. The summed E-state index contributed by atoms with van der Waals surface area (Å²) in [6.07, 6.45) is -4.67. The molecule has 0 saturated heterocycles. The molecule has 0 spiro atoms. The van der Waals surface area contributed by atoms with Gasteiger partial charge >= 0.3 is 6.18 Å². The number of thiazole rings is 1.